The Hall–Kier alpha value is -0.530. The number of hydrogen-bond acceptors (Lipinski definition) is 2. The Morgan fingerprint density at radius 2 is 2.10 bits per heavy atom. The zero-order valence-corrected chi connectivity index (χ0v) is 6.81. The van der Waals surface area contributed by atoms with Gasteiger partial charge in [-0.2, -0.15) is 0 Å². The lowest BCUT2D eigenvalue weighted by atomic mass is 9.80. The third-order valence-corrected chi connectivity index (χ3v) is 1.98. The van der Waals surface area contributed by atoms with E-state index in [1.807, 2.05) is 0 Å². The second-order valence-corrected chi connectivity index (χ2v) is 3.87. The molecule has 10 heavy (non-hydrogen) atoms. The summed E-state index contributed by atoms with van der Waals surface area (Å²) in [5, 5.41) is 0. The van der Waals surface area contributed by atoms with Gasteiger partial charge in [-0.15, -0.1) is 0 Å². The summed E-state index contributed by atoms with van der Waals surface area (Å²) >= 11 is 0. The lowest BCUT2D eigenvalue weighted by molar-refractivity contribution is -0.143. The first-order valence-corrected chi connectivity index (χ1v) is 3.68. The Morgan fingerprint density at radius 1 is 1.50 bits per heavy atom. The highest BCUT2D eigenvalue weighted by atomic mass is 16.5. The van der Waals surface area contributed by atoms with Gasteiger partial charge in [0.05, 0.1) is 12.5 Å². The largest absolute Gasteiger partial charge is 0.465 e. The van der Waals surface area contributed by atoms with Crippen LogP contribution in [0.3, 0.4) is 0 Å². The van der Waals surface area contributed by atoms with Crippen LogP contribution in [-0.2, 0) is 9.53 Å². The summed E-state index contributed by atoms with van der Waals surface area (Å²) in [5.74, 6) is 0.0972. The number of carbonyl (C=O) groups excluding carboxylic acids is 1. The van der Waals surface area contributed by atoms with E-state index in [9.17, 15) is 4.79 Å². The van der Waals surface area contributed by atoms with Crippen LogP contribution in [0.25, 0.3) is 0 Å². The van der Waals surface area contributed by atoms with Gasteiger partial charge in [-0.3, -0.25) is 4.79 Å². The number of esters is 1. The quantitative estimate of drug-likeness (QED) is 0.480. The Kier molecular flexibility index (Phi) is 1.71. The minimum atomic E-state index is -0.0208. The first-order chi connectivity index (χ1) is 4.52. The smallest absolute Gasteiger partial charge is 0.309 e. The van der Waals surface area contributed by atoms with Crippen LogP contribution in [0, 0.1) is 11.3 Å². The Morgan fingerprint density at radius 3 is 2.30 bits per heavy atom. The lowest BCUT2D eigenvalue weighted by Gasteiger charge is -2.22. The molecule has 1 aliphatic heterocycles. The highest BCUT2D eigenvalue weighted by Gasteiger charge is 2.36. The maximum Gasteiger partial charge on any atom is 0.309 e. The molecule has 0 saturated carbocycles. The second kappa shape index (κ2) is 2.26. The Balaban J connectivity index is 2.64. The SMILES string of the molecule is CC(C)(C)[C@H]1CCOC1=O. The van der Waals surface area contributed by atoms with Gasteiger partial charge >= 0.3 is 5.97 Å². The van der Waals surface area contributed by atoms with Crippen LogP contribution in [-0.4, -0.2) is 12.6 Å². The third kappa shape index (κ3) is 1.31. The van der Waals surface area contributed by atoms with Crippen molar-refractivity contribution in [2.45, 2.75) is 27.2 Å². The van der Waals surface area contributed by atoms with E-state index in [1.165, 1.54) is 0 Å². The molecule has 1 atom stereocenters. The predicted molar refractivity (Wildman–Crippen MR) is 38.5 cm³/mol. The molecular weight excluding hydrogens is 128 g/mol. The summed E-state index contributed by atoms with van der Waals surface area (Å²) in [4.78, 5) is 11.0. The molecule has 58 valence electrons. The molecule has 0 bridgehead atoms. The molecule has 2 heteroatoms. The normalized spacial score (nSPS) is 26.7. The maximum atomic E-state index is 11.0. The third-order valence-electron chi connectivity index (χ3n) is 1.98. The second-order valence-electron chi connectivity index (χ2n) is 3.87. The molecule has 1 aliphatic rings. The summed E-state index contributed by atoms with van der Waals surface area (Å²) in [6, 6.07) is 0. The van der Waals surface area contributed by atoms with Crippen molar-refractivity contribution in [3.05, 3.63) is 0 Å². The topological polar surface area (TPSA) is 26.3 Å². The summed E-state index contributed by atoms with van der Waals surface area (Å²) in [6.45, 7) is 6.83. The Labute approximate surface area is 61.6 Å². The molecule has 2 nitrogen and oxygen atoms in total. The van der Waals surface area contributed by atoms with Gasteiger partial charge in [0, 0.05) is 0 Å². The fraction of sp³-hybridized carbons (Fsp3) is 0.875. The van der Waals surface area contributed by atoms with Gasteiger partial charge in [0.1, 0.15) is 0 Å². The number of hydrogen-bond donors (Lipinski definition) is 0. The number of cyclic esters (lactones) is 1. The van der Waals surface area contributed by atoms with Crippen molar-refractivity contribution in [1.82, 2.24) is 0 Å². The number of ether oxygens (including phenoxy) is 1. The Bertz CT molecular complexity index is 144. The van der Waals surface area contributed by atoms with E-state index in [-0.39, 0.29) is 17.3 Å². The van der Waals surface area contributed by atoms with Gasteiger partial charge in [-0.25, -0.2) is 0 Å². The minimum absolute atomic E-state index is 0.0208. The van der Waals surface area contributed by atoms with Crippen LogP contribution in [0.15, 0.2) is 0 Å². The van der Waals surface area contributed by atoms with Crippen molar-refractivity contribution in [2.75, 3.05) is 6.61 Å². The highest BCUT2D eigenvalue weighted by molar-refractivity contribution is 5.74. The highest BCUT2D eigenvalue weighted by Crippen LogP contribution is 2.32. The monoisotopic (exact) mass is 142 g/mol. The van der Waals surface area contributed by atoms with Gasteiger partial charge in [-0.05, 0) is 11.8 Å². The summed E-state index contributed by atoms with van der Waals surface area (Å²) in [7, 11) is 0. The van der Waals surface area contributed by atoms with Crippen LogP contribution in [0.2, 0.25) is 0 Å². The fourth-order valence-corrected chi connectivity index (χ4v) is 1.28. The van der Waals surface area contributed by atoms with Crippen LogP contribution >= 0.6 is 0 Å². The summed E-state index contributed by atoms with van der Waals surface area (Å²) in [6.07, 6.45) is 0.891. The standard InChI is InChI=1S/C8H14O2/c1-8(2,3)6-4-5-10-7(6)9/h6H,4-5H2,1-3H3/t6-/m0/s1. The lowest BCUT2D eigenvalue weighted by Crippen LogP contribution is -2.24. The predicted octanol–water partition coefficient (Wildman–Crippen LogP) is 1.60. The first-order valence-electron chi connectivity index (χ1n) is 3.68. The van der Waals surface area contributed by atoms with E-state index < -0.39 is 0 Å². The molecule has 0 N–H and O–H groups in total. The molecule has 0 spiro atoms. The van der Waals surface area contributed by atoms with Crippen LogP contribution in [0.5, 0.6) is 0 Å². The first kappa shape index (κ1) is 7.58. The molecule has 0 unspecified atom stereocenters. The van der Waals surface area contributed by atoms with E-state index in [0.717, 1.165) is 6.42 Å². The van der Waals surface area contributed by atoms with Crippen LogP contribution in [0.4, 0.5) is 0 Å². The van der Waals surface area contributed by atoms with Crippen molar-refractivity contribution >= 4 is 5.97 Å². The molecular formula is C8H14O2. The van der Waals surface area contributed by atoms with E-state index in [2.05, 4.69) is 20.8 Å². The minimum Gasteiger partial charge on any atom is -0.465 e. The molecule has 1 rings (SSSR count). The average molecular weight is 142 g/mol. The van der Waals surface area contributed by atoms with Gasteiger partial charge < -0.3 is 4.74 Å². The maximum absolute atomic E-state index is 11.0. The summed E-state index contributed by atoms with van der Waals surface area (Å²) < 4.78 is 4.85. The van der Waals surface area contributed by atoms with Crippen molar-refractivity contribution in [2.24, 2.45) is 11.3 Å². The van der Waals surface area contributed by atoms with Crippen molar-refractivity contribution in [3.8, 4) is 0 Å². The molecule has 0 amide bonds. The molecule has 1 saturated heterocycles. The molecule has 0 aromatic heterocycles. The van der Waals surface area contributed by atoms with Gasteiger partial charge in [0.25, 0.3) is 0 Å². The van der Waals surface area contributed by atoms with Gasteiger partial charge in [0.15, 0.2) is 0 Å². The van der Waals surface area contributed by atoms with Gasteiger partial charge in [-0.1, -0.05) is 20.8 Å². The summed E-state index contributed by atoms with van der Waals surface area (Å²) in [5.41, 5.74) is 0.0770. The van der Waals surface area contributed by atoms with E-state index in [4.69, 9.17) is 4.74 Å². The van der Waals surface area contributed by atoms with Crippen molar-refractivity contribution in [3.63, 3.8) is 0 Å². The number of rotatable bonds is 0. The van der Waals surface area contributed by atoms with E-state index >= 15 is 0 Å². The van der Waals surface area contributed by atoms with Crippen molar-refractivity contribution in [1.29, 1.82) is 0 Å². The van der Waals surface area contributed by atoms with Crippen LogP contribution in [0.1, 0.15) is 27.2 Å². The van der Waals surface area contributed by atoms with Gasteiger partial charge in [0.2, 0.25) is 0 Å². The molecule has 0 aromatic rings. The average Bonchev–Trinajstić information content (AvgIpc) is 2.11. The molecule has 0 aliphatic carbocycles. The molecule has 0 aromatic carbocycles. The van der Waals surface area contributed by atoms with Crippen molar-refractivity contribution < 1.29 is 9.53 Å². The molecule has 1 heterocycles. The van der Waals surface area contributed by atoms with E-state index in [1.54, 1.807) is 0 Å². The zero-order chi connectivity index (χ0) is 7.78. The molecule has 0 radical (unpaired) electrons. The van der Waals surface area contributed by atoms with E-state index in [0.29, 0.717) is 6.61 Å². The molecule has 1 fully saturated rings. The fourth-order valence-electron chi connectivity index (χ4n) is 1.28. The number of carbonyl (C=O) groups is 1. The van der Waals surface area contributed by atoms with Crippen LogP contribution < -0.4 is 0 Å². The zero-order valence-electron chi connectivity index (χ0n) is 6.81.